The molecule has 0 radical (unpaired) electrons. The van der Waals surface area contributed by atoms with E-state index < -0.39 is 6.10 Å². The van der Waals surface area contributed by atoms with E-state index in [4.69, 9.17) is 0 Å². The van der Waals surface area contributed by atoms with Gasteiger partial charge in [-0.2, -0.15) is 0 Å². The van der Waals surface area contributed by atoms with Crippen LogP contribution in [0.25, 0.3) is 0 Å². The molecule has 0 aliphatic heterocycles. The van der Waals surface area contributed by atoms with Crippen molar-refractivity contribution in [2.75, 3.05) is 6.54 Å². The van der Waals surface area contributed by atoms with Crippen molar-refractivity contribution in [1.29, 1.82) is 0 Å². The number of hydrogen-bond donors (Lipinski definition) is 2. The van der Waals surface area contributed by atoms with Crippen LogP contribution in [0, 0.1) is 5.82 Å². The van der Waals surface area contributed by atoms with Crippen LogP contribution in [0.4, 0.5) is 4.39 Å². The maximum absolute atomic E-state index is 12.9. The summed E-state index contributed by atoms with van der Waals surface area (Å²) in [5, 5.41) is 13.4. The largest absolute Gasteiger partial charge is 0.387 e. The molecule has 0 aliphatic carbocycles. The highest BCUT2D eigenvalue weighted by Crippen LogP contribution is 2.19. The smallest absolute Gasteiger partial charge is 0.123 e. The highest BCUT2D eigenvalue weighted by atomic mass is 79.9. The summed E-state index contributed by atoms with van der Waals surface area (Å²) in [5.74, 6) is -0.241. The SMILES string of the molecule is C[C@@H](NCC(O)c1cccc(Br)c1)c1ccc(F)cc1. The first-order valence-electron chi connectivity index (χ1n) is 6.48. The third kappa shape index (κ3) is 4.13. The second kappa shape index (κ2) is 6.97. The van der Waals surface area contributed by atoms with Gasteiger partial charge < -0.3 is 10.4 Å². The van der Waals surface area contributed by atoms with E-state index in [1.54, 1.807) is 12.1 Å². The predicted octanol–water partition coefficient (Wildman–Crippen LogP) is 3.97. The van der Waals surface area contributed by atoms with Crippen LogP contribution < -0.4 is 5.32 Å². The van der Waals surface area contributed by atoms with E-state index in [1.807, 2.05) is 31.2 Å². The van der Waals surface area contributed by atoms with Gasteiger partial charge in [0.05, 0.1) is 6.10 Å². The Labute approximate surface area is 126 Å². The summed E-state index contributed by atoms with van der Waals surface area (Å²) in [4.78, 5) is 0. The summed E-state index contributed by atoms with van der Waals surface area (Å²) in [5.41, 5.74) is 1.85. The molecule has 0 saturated carbocycles. The van der Waals surface area contributed by atoms with Crippen LogP contribution in [-0.2, 0) is 0 Å². The third-order valence-corrected chi connectivity index (χ3v) is 3.71. The lowest BCUT2D eigenvalue weighted by Crippen LogP contribution is -2.24. The summed E-state index contributed by atoms with van der Waals surface area (Å²) >= 11 is 3.39. The Morgan fingerprint density at radius 1 is 1.15 bits per heavy atom. The number of halogens is 2. The first kappa shape index (κ1) is 15.2. The first-order valence-corrected chi connectivity index (χ1v) is 7.28. The topological polar surface area (TPSA) is 32.3 Å². The number of nitrogens with one attached hydrogen (secondary N) is 1. The summed E-state index contributed by atoms with van der Waals surface area (Å²) in [6.07, 6.45) is -0.574. The fourth-order valence-corrected chi connectivity index (χ4v) is 2.41. The van der Waals surface area contributed by atoms with Crippen molar-refractivity contribution < 1.29 is 9.50 Å². The molecule has 20 heavy (non-hydrogen) atoms. The summed E-state index contributed by atoms with van der Waals surface area (Å²) in [6, 6.07) is 14.0. The Kier molecular flexibility index (Phi) is 5.29. The molecule has 0 bridgehead atoms. The first-order chi connectivity index (χ1) is 9.56. The van der Waals surface area contributed by atoms with Crippen molar-refractivity contribution >= 4 is 15.9 Å². The van der Waals surface area contributed by atoms with E-state index in [2.05, 4.69) is 21.2 Å². The van der Waals surface area contributed by atoms with Crippen molar-refractivity contribution in [3.8, 4) is 0 Å². The van der Waals surface area contributed by atoms with Crippen LogP contribution in [0.5, 0.6) is 0 Å². The van der Waals surface area contributed by atoms with Crippen molar-refractivity contribution in [3.63, 3.8) is 0 Å². The van der Waals surface area contributed by atoms with Crippen LogP contribution in [0.3, 0.4) is 0 Å². The van der Waals surface area contributed by atoms with Gasteiger partial charge in [0.1, 0.15) is 5.82 Å². The van der Waals surface area contributed by atoms with Gasteiger partial charge in [-0.25, -0.2) is 4.39 Å². The van der Waals surface area contributed by atoms with Crippen LogP contribution in [0.2, 0.25) is 0 Å². The molecule has 0 heterocycles. The molecule has 2 aromatic rings. The average Bonchev–Trinajstić information content (AvgIpc) is 2.45. The van der Waals surface area contributed by atoms with E-state index in [1.165, 1.54) is 12.1 Å². The molecule has 0 fully saturated rings. The Morgan fingerprint density at radius 2 is 1.85 bits per heavy atom. The Morgan fingerprint density at radius 3 is 2.50 bits per heavy atom. The monoisotopic (exact) mass is 337 g/mol. The average molecular weight is 338 g/mol. The standard InChI is InChI=1S/C16H17BrFNO/c1-11(12-5-7-15(18)8-6-12)19-10-16(20)13-3-2-4-14(17)9-13/h2-9,11,16,19-20H,10H2,1H3/t11-,16?/m1/s1. The van der Waals surface area contributed by atoms with E-state index in [0.717, 1.165) is 15.6 Å². The quantitative estimate of drug-likeness (QED) is 0.865. The van der Waals surface area contributed by atoms with Gasteiger partial charge in [0.15, 0.2) is 0 Å². The fourth-order valence-electron chi connectivity index (χ4n) is 1.99. The number of rotatable bonds is 5. The number of aliphatic hydroxyl groups is 1. The minimum Gasteiger partial charge on any atom is -0.387 e. The zero-order valence-electron chi connectivity index (χ0n) is 11.2. The molecule has 0 spiro atoms. The van der Waals surface area contributed by atoms with Gasteiger partial charge in [0, 0.05) is 17.1 Å². The van der Waals surface area contributed by atoms with Gasteiger partial charge in [-0.3, -0.25) is 0 Å². The molecule has 2 aromatic carbocycles. The van der Waals surface area contributed by atoms with Crippen LogP contribution >= 0.6 is 15.9 Å². The number of hydrogen-bond acceptors (Lipinski definition) is 2. The lowest BCUT2D eigenvalue weighted by molar-refractivity contribution is 0.170. The zero-order valence-corrected chi connectivity index (χ0v) is 12.8. The minimum atomic E-state index is -0.574. The fraction of sp³-hybridized carbons (Fsp3) is 0.250. The highest BCUT2D eigenvalue weighted by Gasteiger charge is 2.11. The van der Waals surface area contributed by atoms with Crippen LogP contribution in [0.15, 0.2) is 53.0 Å². The number of benzene rings is 2. The van der Waals surface area contributed by atoms with Gasteiger partial charge in [-0.1, -0.05) is 40.2 Å². The van der Waals surface area contributed by atoms with Crippen LogP contribution in [0.1, 0.15) is 30.2 Å². The zero-order chi connectivity index (χ0) is 14.5. The highest BCUT2D eigenvalue weighted by molar-refractivity contribution is 9.10. The molecule has 0 amide bonds. The number of aliphatic hydroxyl groups excluding tert-OH is 1. The molecule has 0 aromatic heterocycles. The maximum atomic E-state index is 12.9. The van der Waals surface area contributed by atoms with E-state index in [9.17, 15) is 9.50 Å². The normalized spacial score (nSPS) is 14.0. The van der Waals surface area contributed by atoms with Gasteiger partial charge in [-0.15, -0.1) is 0 Å². The molecular weight excluding hydrogens is 321 g/mol. The molecule has 106 valence electrons. The van der Waals surface area contributed by atoms with Gasteiger partial charge in [-0.05, 0) is 42.3 Å². The summed E-state index contributed by atoms with van der Waals surface area (Å²) in [6.45, 7) is 2.43. The minimum absolute atomic E-state index is 0.0532. The van der Waals surface area contributed by atoms with Gasteiger partial charge in [0.2, 0.25) is 0 Å². The molecule has 2 atom stereocenters. The lowest BCUT2D eigenvalue weighted by Gasteiger charge is -2.18. The van der Waals surface area contributed by atoms with Crippen molar-refractivity contribution in [3.05, 3.63) is 69.9 Å². The van der Waals surface area contributed by atoms with Gasteiger partial charge in [0.25, 0.3) is 0 Å². The Hall–Kier alpha value is -1.23. The second-order valence-electron chi connectivity index (χ2n) is 4.75. The van der Waals surface area contributed by atoms with Crippen molar-refractivity contribution in [1.82, 2.24) is 5.32 Å². The Balaban J connectivity index is 1.93. The predicted molar refractivity (Wildman–Crippen MR) is 81.9 cm³/mol. The van der Waals surface area contributed by atoms with E-state index >= 15 is 0 Å². The van der Waals surface area contributed by atoms with E-state index in [-0.39, 0.29) is 11.9 Å². The van der Waals surface area contributed by atoms with Crippen LogP contribution in [-0.4, -0.2) is 11.7 Å². The molecule has 2 nitrogen and oxygen atoms in total. The summed E-state index contributed by atoms with van der Waals surface area (Å²) < 4.78 is 13.8. The molecule has 2 N–H and O–H groups in total. The van der Waals surface area contributed by atoms with E-state index in [0.29, 0.717) is 6.54 Å². The molecule has 2 rings (SSSR count). The molecular formula is C16H17BrFNO. The molecule has 0 saturated heterocycles. The van der Waals surface area contributed by atoms with Crippen molar-refractivity contribution in [2.24, 2.45) is 0 Å². The third-order valence-electron chi connectivity index (χ3n) is 3.22. The molecule has 4 heteroatoms. The molecule has 0 aliphatic rings. The second-order valence-corrected chi connectivity index (χ2v) is 5.67. The van der Waals surface area contributed by atoms with Gasteiger partial charge >= 0.3 is 0 Å². The Bertz CT molecular complexity index is 559. The molecule has 1 unspecified atom stereocenters. The lowest BCUT2D eigenvalue weighted by atomic mass is 10.1. The maximum Gasteiger partial charge on any atom is 0.123 e. The van der Waals surface area contributed by atoms with Crippen molar-refractivity contribution in [2.45, 2.75) is 19.1 Å². The summed E-state index contributed by atoms with van der Waals surface area (Å²) in [7, 11) is 0.